The summed E-state index contributed by atoms with van der Waals surface area (Å²) in [7, 11) is -3.23. The second kappa shape index (κ2) is 8.35. The lowest BCUT2D eigenvalue weighted by Crippen LogP contribution is -2.49. The smallest absolute Gasteiger partial charge is 0.317 e. The number of pyridine rings is 1. The molecule has 3 heterocycles. The van der Waals surface area contributed by atoms with Crippen LogP contribution < -0.4 is 15.2 Å². The van der Waals surface area contributed by atoms with Crippen LogP contribution in [-0.2, 0) is 10.0 Å². The Morgan fingerprint density at radius 3 is 2.50 bits per heavy atom. The minimum atomic E-state index is -3.23. The van der Waals surface area contributed by atoms with Gasteiger partial charge < -0.3 is 9.64 Å². The van der Waals surface area contributed by atoms with Crippen LogP contribution in [-0.4, -0.2) is 66.0 Å². The Kier molecular flexibility index (Phi) is 5.79. The zero-order chi connectivity index (χ0) is 21.3. The van der Waals surface area contributed by atoms with E-state index in [2.05, 4.69) is 17.0 Å². The molecule has 0 bridgehead atoms. The van der Waals surface area contributed by atoms with Crippen molar-refractivity contribution in [3.8, 4) is 11.6 Å². The van der Waals surface area contributed by atoms with Crippen molar-refractivity contribution in [2.75, 3.05) is 37.3 Å². The summed E-state index contributed by atoms with van der Waals surface area (Å²) < 4.78 is 32.6. The summed E-state index contributed by atoms with van der Waals surface area (Å²) in [5.74, 6) is 1.07. The number of rotatable bonds is 5. The van der Waals surface area contributed by atoms with Crippen molar-refractivity contribution in [1.29, 1.82) is 0 Å². The Bertz CT molecular complexity index is 1050. The van der Waals surface area contributed by atoms with Gasteiger partial charge >= 0.3 is 5.56 Å². The first-order valence-electron chi connectivity index (χ1n) is 10.2. The van der Waals surface area contributed by atoms with Gasteiger partial charge in [-0.25, -0.2) is 13.4 Å². The first kappa shape index (κ1) is 20.8. The highest BCUT2D eigenvalue weighted by atomic mass is 32.2. The summed E-state index contributed by atoms with van der Waals surface area (Å²) in [6.07, 6.45) is 7.50. The quantitative estimate of drug-likeness (QED) is 0.700. The van der Waals surface area contributed by atoms with Gasteiger partial charge in [0.05, 0.1) is 12.5 Å². The summed E-state index contributed by atoms with van der Waals surface area (Å²) in [5.41, 5.74) is 0.260. The third kappa shape index (κ3) is 4.20. The molecule has 1 saturated carbocycles. The van der Waals surface area contributed by atoms with Gasteiger partial charge in [-0.1, -0.05) is 13.0 Å². The molecular formula is C20H27N5O4S. The predicted octanol–water partition coefficient (Wildman–Crippen LogP) is 1.28. The van der Waals surface area contributed by atoms with E-state index in [0.717, 1.165) is 19.3 Å². The molecule has 30 heavy (non-hydrogen) atoms. The van der Waals surface area contributed by atoms with Gasteiger partial charge in [-0.05, 0) is 37.3 Å². The van der Waals surface area contributed by atoms with Crippen molar-refractivity contribution in [2.24, 2.45) is 5.92 Å². The molecule has 0 N–H and O–H groups in total. The number of ether oxygens (including phenoxy) is 1. The fourth-order valence-electron chi connectivity index (χ4n) is 4.11. The zero-order valence-electron chi connectivity index (χ0n) is 17.3. The molecule has 4 rings (SSSR count). The highest BCUT2D eigenvalue weighted by molar-refractivity contribution is 7.88. The molecule has 1 aliphatic carbocycles. The summed E-state index contributed by atoms with van der Waals surface area (Å²) in [6.45, 7) is 3.81. The van der Waals surface area contributed by atoms with E-state index >= 15 is 0 Å². The molecule has 0 unspecified atom stereocenters. The van der Waals surface area contributed by atoms with Gasteiger partial charge in [0.15, 0.2) is 5.82 Å². The maximum atomic E-state index is 13.4. The summed E-state index contributed by atoms with van der Waals surface area (Å²) >= 11 is 0. The SMILES string of the molecule is C[C@@H]1CCC[C@H]1Oc1c(N2CCN(S(C)(=O)=O)CC2)cnn(-c2ccccn2)c1=O. The average molecular weight is 434 g/mol. The summed E-state index contributed by atoms with van der Waals surface area (Å²) in [5, 5.41) is 4.33. The first-order valence-corrected chi connectivity index (χ1v) is 12.1. The van der Waals surface area contributed by atoms with E-state index in [4.69, 9.17) is 4.74 Å². The molecule has 2 aromatic rings. The highest BCUT2D eigenvalue weighted by Gasteiger charge is 2.31. The molecular weight excluding hydrogens is 406 g/mol. The Balaban J connectivity index is 1.69. The van der Waals surface area contributed by atoms with Crippen LogP contribution in [0.3, 0.4) is 0 Å². The summed E-state index contributed by atoms with van der Waals surface area (Å²) in [4.78, 5) is 19.6. The van der Waals surface area contributed by atoms with E-state index in [1.165, 1.54) is 15.2 Å². The highest BCUT2D eigenvalue weighted by Crippen LogP contribution is 2.32. The fraction of sp³-hybridized carbons (Fsp3) is 0.550. The van der Waals surface area contributed by atoms with E-state index in [-0.39, 0.29) is 17.4 Å². The van der Waals surface area contributed by atoms with Crippen molar-refractivity contribution < 1.29 is 13.2 Å². The van der Waals surface area contributed by atoms with Gasteiger partial charge in [-0.15, -0.1) is 0 Å². The minimum absolute atomic E-state index is 0.0201. The summed E-state index contributed by atoms with van der Waals surface area (Å²) in [6, 6.07) is 5.30. The molecule has 0 radical (unpaired) electrons. The van der Waals surface area contributed by atoms with E-state index in [1.54, 1.807) is 30.6 Å². The van der Waals surface area contributed by atoms with Crippen LogP contribution >= 0.6 is 0 Å². The van der Waals surface area contributed by atoms with Crippen LogP contribution in [0.5, 0.6) is 5.75 Å². The van der Waals surface area contributed by atoms with E-state index < -0.39 is 10.0 Å². The monoisotopic (exact) mass is 433 g/mol. The molecule has 9 nitrogen and oxygen atoms in total. The van der Waals surface area contributed by atoms with Crippen LogP contribution in [0.25, 0.3) is 5.82 Å². The topological polar surface area (TPSA) is 97.6 Å². The van der Waals surface area contributed by atoms with Gasteiger partial charge in [-0.2, -0.15) is 14.1 Å². The van der Waals surface area contributed by atoms with Crippen molar-refractivity contribution in [1.82, 2.24) is 19.1 Å². The van der Waals surface area contributed by atoms with Crippen LogP contribution in [0.2, 0.25) is 0 Å². The number of aromatic nitrogens is 3. The van der Waals surface area contributed by atoms with Crippen molar-refractivity contribution >= 4 is 15.7 Å². The van der Waals surface area contributed by atoms with Crippen LogP contribution in [0, 0.1) is 5.92 Å². The number of anilines is 1. The second-order valence-electron chi connectivity index (χ2n) is 7.98. The minimum Gasteiger partial charge on any atom is -0.483 e. The van der Waals surface area contributed by atoms with Gasteiger partial charge in [-0.3, -0.25) is 4.79 Å². The average Bonchev–Trinajstić information content (AvgIpc) is 3.14. The van der Waals surface area contributed by atoms with Crippen LogP contribution in [0.15, 0.2) is 35.4 Å². The van der Waals surface area contributed by atoms with Crippen molar-refractivity contribution in [3.63, 3.8) is 0 Å². The van der Waals surface area contributed by atoms with Gasteiger partial charge in [0, 0.05) is 32.4 Å². The number of sulfonamides is 1. The molecule has 0 spiro atoms. The largest absolute Gasteiger partial charge is 0.483 e. The van der Waals surface area contributed by atoms with Gasteiger partial charge in [0.2, 0.25) is 15.8 Å². The zero-order valence-corrected chi connectivity index (χ0v) is 18.1. The van der Waals surface area contributed by atoms with E-state index in [1.807, 2.05) is 4.90 Å². The molecule has 10 heteroatoms. The number of hydrogen-bond donors (Lipinski definition) is 0. The Hall–Kier alpha value is -2.46. The molecule has 1 saturated heterocycles. The third-order valence-corrected chi connectivity index (χ3v) is 7.18. The van der Waals surface area contributed by atoms with Crippen molar-refractivity contribution in [2.45, 2.75) is 32.3 Å². The van der Waals surface area contributed by atoms with Gasteiger partial charge in [0.1, 0.15) is 11.8 Å². The molecule has 2 aromatic heterocycles. The number of hydrogen-bond acceptors (Lipinski definition) is 7. The fourth-order valence-corrected chi connectivity index (χ4v) is 4.93. The predicted molar refractivity (Wildman–Crippen MR) is 114 cm³/mol. The van der Waals surface area contributed by atoms with Crippen molar-refractivity contribution in [3.05, 3.63) is 40.9 Å². The molecule has 1 aliphatic heterocycles. The molecule has 2 aliphatic rings. The second-order valence-corrected chi connectivity index (χ2v) is 9.96. The van der Waals surface area contributed by atoms with Crippen LogP contribution in [0.1, 0.15) is 26.2 Å². The molecule has 2 atom stereocenters. The lowest BCUT2D eigenvalue weighted by Gasteiger charge is -2.35. The Morgan fingerprint density at radius 2 is 1.90 bits per heavy atom. The lowest BCUT2D eigenvalue weighted by molar-refractivity contribution is 0.164. The molecule has 0 aromatic carbocycles. The third-order valence-electron chi connectivity index (χ3n) is 5.88. The Morgan fingerprint density at radius 1 is 1.13 bits per heavy atom. The maximum Gasteiger partial charge on any atom is 0.317 e. The first-order chi connectivity index (χ1) is 14.3. The molecule has 2 fully saturated rings. The van der Waals surface area contributed by atoms with E-state index in [9.17, 15) is 13.2 Å². The van der Waals surface area contributed by atoms with Gasteiger partial charge in [0.25, 0.3) is 0 Å². The van der Waals surface area contributed by atoms with Crippen LogP contribution in [0.4, 0.5) is 5.69 Å². The number of piperazine rings is 1. The van der Waals surface area contributed by atoms with E-state index in [0.29, 0.717) is 43.6 Å². The normalized spacial score (nSPS) is 22.9. The standard InChI is InChI=1S/C20H27N5O4S/c1-15-6-5-7-17(15)29-19-16(23-10-12-24(13-11-23)30(2,27)28)14-22-25(20(19)26)18-8-3-4-9-21-18/h3-4,8-9,14-15,17H,5-7,10-13H2,1-2H3/t15-,17-/m1/s1. The number of nitrogens with zero attached hydrogens (tertiary/aromatic N) is 5. The maximum absolute atomic E-state index is 13.4. The molecule has 0 amide bonds. The molecule has 162 valence electrons. The Labute approximate surface area is 176 Å². The lowest BCUT2D eigenvalue weighted by atomic mass is 10.1.